The van der Waals surface area contributed by atoms with Crippen molar-refractivity contribution in [1.29, 1.82) is 0 Å². The highest BCUT2D eigenvalue weighted by Gasteiger charge is 2.28. The molecule has 0 aliphatic carbocycles. The van der Waals surface area contributed by atoms with E-state index in [0.29, 0.717) is 0 Å². The molecule has 242 valence electrons. The van der Waals surface area contributed by atoms with Gasteiger partial charge in [0.1, 0.15) is 5.65 Å². The molecule has 0 bridgehead atoms. The van der Waals surface area contributed by atoms with Crippen molar-refractivity contribution in [1.82, 2.24) is 13.7 Å². The van der Waals surface area contributed by atoms with Gasteiger partial charge in [0, 0.05) is 48.1 Å². The molecule has 0 amide bonds. The molecule has 0 unspecified atom stereocenters. The molecule has 8 aromatic carbocycles. The predicted octanol–water partition coefficient (Wildman–Crippen LogP) is 13.1. The first-order valence-electron chi connectivity index (χ1n) is 17.8. The van der Waals surface area contributed by atoms with Crippen molar-refractivity contribution in [2.75, 3.05) is 0 Å². The molecule has 52 heavy (non-hydrogen) atoms. The molecule has 3 aromatic heterocycles. The van der Waals surface area contributed by atoms with E-state index in [1.54, 1.807) is 0 Å². The molecule has 0 atom stereocenters. The third-order valence-corrected chi connectivity index (χ3v) is 12.1. The summed E-state index contributed by atoms with van der Waals surface area (Å²) in [5, 5.41) is 8.97. The van der Waals surface area contributed by atoms with E-state index in [1.165, 1.54) is 92.0 Å². The summed E-state index contributed by atoms with van der Waals surface area (Å²) in [5.41, 5.74) is 12.1. The first-order valence-corrected chi connectivity index (χ1v) is 18.6. The molecule has 11 aromatic rings. The van der Waals surface area contributed by atoms with Gasteiger partial charge in [0.15, 0.2) is 0 Å². The number of hydrogen-bond acceptors (Lipinski definition) is 1. The van der Waals surface area contributed by atoms with Crippen LogP contribution in [0.25, 0.3) is 93.6 Å². The standard InChI is InChI=1S/C48H29N3S/c1-2-14-33(15-3-1)50-40-26-25-32(29-38(40)46-37-19-11-23-44-47(37)51(48(46)50)41-21-8-9-22-43(41)52-44)31-13-10-16-34(28-31)49-39-20-7-6-18-36(39)45-35-17-5-4-12-30(35)24-27-42(45)49/h1-29H. The Morgan fingerprint density at radius 1 is 0.365 bits per heavy atom. The number of fused-ring (bicyclic) bond motifs is 12. The molecule has 0 N–H and O–H groups in total. The van der Waals surface area contributed by atoms with Gasteiger partial charge in [-0.25, -0.2) is 0 Å². The summed E-state index contributed by atoms with van der Waals surface area (Å²) in [6, 6.07) is 64.6. The Balaban J connectivity index is 1.13. The number of nitrogens with zero attached hydrogens (tertiary/aromatic N) is 3. The smallest absolute Gasteiger partial charge is 0.131 e. The van der Waals surface area contributed by atoms with Crippen LogP contribution in [0, 0.1) is 0 Å². The van der Waals surface area contributed by atoms with Crippen molar-refractivity contribution in [2.45, 2.75) is 9.79 Å². The third kappa shape index (κ3) is 3.77. The van der Waals surface area contributed by atoms with Crippen LogP contribution in [0.4, 0.5) is 0 Å². The summed E-state index contributed by atoms with van der Waals surface area (Å²) >= 11 is 1.87. The molecule has 0 spiro atoms. The molecule has 1 aliphatic rings. The first kappa shape index (κ1) is 28.2. The zero-order valence-electron chi connectivity index (χ0n) is 28.0. The van der Waals surface area contributed by atoms with Crippen LogP contribution in [0.1, 0.15) is 0 Å². The lowest BCUT2D eigenvalue weighted by Gasteiger charge is -2.21. The fraction of sp³-hybridized carbons (Fsp3) is 0. The Labute approximate surface area is 303 Å². The summed E-state index contributed by atoms with van der Waals surface area (Å²) in [6.45, 7) is 0. The lowest BCUT2D eigenvalue weighted by Crippen LogP contribution is -2.05. The second kappa shape index (κ2) is 10.5. The summed E-state index contributed by atoms with van der Waals surface area (Å²) in [7, 11) is 0. The van der Waals surface area contributed by atoms with Crippen LogP contribution in [0.5, 0.6) is 0 Å². The van der Waals surface area contributed by atoms with Gasteiger partial charge < -0.3 is 4.57 Å². The predicted molar refractivity (Wildman–Crippen MR) is 219 cm³/mol. The fourth-order valence-electron chi connectivity index (χ4n) is 8.84. The SMILES string of the molecule is c1ccc(-n2c3ccc(-c4cccc(-n5c6ccccc6c6c7ccccc7ccc65)c4)cc3c3c4cccc5c4n(c32)-c2ccccc2S5)cc1. The van der Waals surface area contributed by atoms with E-state index < -0.39 is 0 Å². The second-order valence-electron chi connectivity index (χ2n) is 13.7. The second-order valence-corrected chi connectivity index (χ2v) is 14.8. The summed E-state index contributed by atoms with van der Waals surface area (Å²) in [5.74, 6) is 0. The average Bonchev–Trinajstić information content (AvgIpc) is 3.85. The number of hydrogen-bond donors (Lipinski definition) is 0. The van der Waals surface area contributed by atoms with E-state index >= 15 is 0 Å². The van der Waals surface area contributed by atoms with Crippen LogP contribution < -0.4 is 0 Å². The van der Waals surface area contributed by atoms with Gasteiger partial charge in [-0.1, -0.05) is 121 Å². The minimum absolute atomic E-state index is 1.16. The van der Waals surface area contributed by atoms with Crippen molar-refractivity contribution < 1.29 is 0 Å². The maximum atomic E-state index is 2.51. The monoisotopic (exact) mass is 679 g/mol. The van der Waals surface area contributed by atoms with Crippen molar-refractivity contribution in [2.24, 2.45) is 0 Å². The Morgan fingerprint density at radius 2 is 1.06 bits per heavy atom. The van der Waals surface area contributed by atoms with Crippen LogP contribution >= 0.6 is 11.8 Å². The van der Waals surface area contributed by atoms with Gasteiger partial charge >= 0.3 is 0 Å². The largest absolute Gasteiger partial charge is 0.309 e. The summed E-state index contributed by atoms with van der Waals surface area (Å²) < 4.78 is 7.40. The first-order chi connectivity index (χ1) is 25.8. The van der Waals surface area contributed by atoms with Gasteiger partial charge in [0.05, 0.1) is 27.8 Å². The van der Waals surface area contributed by atoms with Gasteiger partial charge in [0.2, 0.25) is 0 Å². The molecule has 4 heteroatoms. The van der Waals surface area contributed by atoms with E-state index in [9.17, 15) is 0 Å². The Morgan fingerprint density at radius 3 is 2.00 bits per heavy atom. The topological polar surface area (TPSA) is 14.8 Å². The molecule has 0 fully saturated rings. The molecule has 3 nitrogen and oxygen atoms in total. The van der Waals surface area contributed by atoms with E-state index in [4.69, 9.17) is 0 Å². The van der Waals surface area contributed by atoms with Crippen molar-refractivity contribution in [3.63, 3.8) is 0 Å². The van der Waals surface area contributed by atoms with Gasteiger partial charge in [0.25, 0.3) is 0 Å². The van der Waals surface area contributed by atoms with E-state index in [2.05, 4.69) is 190 Å². The molecular weight excluding hydrogens is 651 g/mol. The third-order valence-electron chi connectivity index (χ3n) is 11.0. The lowest BCUT2D eigenvalue weighted by molar-refractivity contribution is 1.03. The quantitative estimate of drug-likeness (QED) is 0.181. The molecule has 0 radical (unpaired) electrons. The molecular formula is C48H29N3S. The average molecular weight is 680 g/mol. The van der Waals surface area contributed by atoms with Crippen LogP contribution in [-0.2, 0) is 0 Å². The highest BCUT2D eigenvalue weighted by molar-refractivity contribution is 7.99. The molecule has 4 heterocycles. The van der Waals surface area contributed by atoms with Crippen molar-refractivity contribution >= 4 is 77.2 Å². The zero-order chi connectivity index (χ0) is 33.9. The van der Waals surface area contributed by atoms with Crippen LogP contribution in [0.15, 0.2) is 186 Å². The highest BCUT2D eigenvalue weighted by atomic mass is 32.2. The Kier molecular flexibility index (Phi) is 5.71. The molecule has 0 saturated heterocycles. The normalized spacial score (nSPS) is 12.5. The summed E-state index contributed by atoms with van der Waals surface area (Å²) in [4.78, 5) is 2.57. The minimum Gasteiger partial charge on any atom is -0.309 e. The van der Waals surface area contributed by atoms with Gasteiger partial charge in [-0.05, 0) is 88.6 Å². The van der Waals surface area contributed by atoms with Gasteiger partial charge in [-0.2, -0.15) is 0 Å². The van der Waals surface area contributed by atoms with E-state index in [1.807, 2.05) is 11.8 Å². The number of para-hydroxylation sites is 4. The maximum Gasteiger partial charge on any atom is 0.131 e. The number of aromatic nitrogens is 3. The van der Waals surface area contributed by atoms with Crippen LogP contribution in [0.3, 0.4) is 0 Å². The Bertz CT molecular complexity index is 3270. The molecule has 12 rings (SSSR count). The summed E-state index contributed by atoms with van der Waals surface area (Å²) in [6.07, 6.45) is 0. The molecule has 0 saturated carbocycles. The van der Waals surface area contributed by atoms with Crippen LogP contribution in [-0.4, -0.2) is 13.7 Å². The number of benzene rings is 8. The highest BCUT2D eigenvalue weighted by Crippen LogP contribution is 2.50. The Hall–Kier alpha value is -6.49. The molecule has 1 aliphatic heterocycles. The van der Waals surface area contributed by atoms with Crippen molar-refractivity contribution in [3.05, 3.63) is 176 Å². The van der Waals surface area contributed by atoms with E-state index in [-0.39, 0.29) is 0 Å². The van der Waals surface area contributed by atoms with Gasteiger partial charge in [-0.15, -0.1) is 0 Å². The number of rotatable bonds is 3. The maximum absolute atomic E-state index is 2.51. The van der Waals surface area contributed by atoms with Crippen molar-refractivity contribution in [3.8, 4) is 28.2 Å². The zero-order valence-corrected chi connectivity index (χ0v) is 28.8. The van der Waals surface area contributed by atoms with Gasteiger partial charge in [-0.3, -0.25) is 9.13 Å². The fourth-order valence-corrected chi connectivity index (χ4v) is 9.93. The van der Waals surface area contributed by atoms with E-state index in [0.717, 1.165) is 11.4 Å². The minimum atomic E-state index is 1.16. The van der Waals surface area contributed by atoms with Crippen LogP contribution in [0.2, 0.25) is 0 Å². The lowest BCUT2D eigenvalue weighted by atomic mass is 10.0.